The van der Waals surface area contributed by atoms with Gasteiger partial charge in [-0.2, -0.15) is 0 Å². The fourth-order valence-electron chi connectivity index (χ4n) is 1.46. The molecule has 5 heteroatoms. The van der Waals surface area contributed by atoms with Gasteiger partial charge < -0.3 is 10.1 Å². The molecule has 0 aliphatic heterocycles. The number of nitrogens with one attached hydrogen (secondary N) is 1. The maximum Gasteiger partial charge on any atom is 0.354 e. The third-order valence-corrected chi connectivity index (χ3v) is 2.47. The van der Waals surface area contributed by atoms with Crippen molar-refractivity contribution >= 4 is 5.97 Å². The molecule has 0 saturated heterocycles. The number of nitrogens with zero attached hydrogens (tertiary/aromatic N) is 1. The van der Waals surface area contributed by atoms with Crippen LogP contribution in [-0.2, 0) is 0 Å². The molecule has 1 fully saturated rings. The van der Waals surface area contributed by atoms with Crippen molar-refractivity contribution in [3.63, 3.8) is 0 Å². The van der Waals surface area contributed by atoms with Crippen LogP contribution in [0.2, 0.25) is 0 Å². The van der Waals surface area contributed by atoms with E-state index >= 15 is 0 Å². The molecule has 74 valence electrons. The number of carboxylic acids is 1. The van der Waals surface area contributed by atoms with Crippen molar-refractivity contribution in [1.82, 2.24) is 9.97 Å². The van der Waals surface area contributed by atoms with Crippen LogP contribution in [0.1, 0.15) is 41.5 Å². The summed E-state index contributed by atoms with van der Waals surface area (Å²) in [5.41, 5.74) is -0.560. The van der Waals surface area contributed by atoms with Crippen LogP contribution in [-0.4, -0.2) is 21.0 Å². The monoisotopic (exact) mass is 194 g/mol. The molecule has 1 heterocycles. The largest absolute Gasteiger partial charge is 0.477 e. The van der Waals surface area contributed by atoms with E-state index in [4.69, 9.17) is 5.11 Å². The van der Waals surface area contributed by atoms with E-state index in [1.54, 1.807) is 0 Å². The lowest BCUT2D eigenvalue weighted by Gasteiger charge is -2.23. The summed E-state index contributed by atoms with van der Waals surface area (Å²) in [7, 11) is 0. The first-order valence-corrected chi connectivity index (χ1v) is 4.51. The van der Waals surface area contributed by atoms with Gasteiger partial charge in [0.15, 0.2) is 5.69 Å². The summed E-state index contributed by atoms with van der Waals surface area (Å²) in [6, 6.07) is 1.00. The minimum absolute atomic E-state index is 0.171. The quantitative estimate of drug-likeness (QED) is 0.727. The van der Waals surface area contributed by atoms with E-state index < -0.39 is 5.97 Å². The Labute approximate surface area is 79.8 Å². The average Bonchev–Trinajstić information content (AvgIpc) is 1.99. The van der Waals surface area contributed by atoms with Gasteiger partial charge in [-0.15, -0.1) is 0 Å². The Morgan fingerprint density at radius 1 is 1.57 bits per heavy atom. The normalized spacial score (nSPS) is 16.3. The summed E-state index contributed by atoms with van der Waals surface area (Å²) >= 11 is 0. The van der Waals surface area contributed by atoms with Crippen LogP contribution in [0.15, 0.2) is 10.9 Å². The van der Waals surface area contributed by atoms with Gasteiger partial charge in [0.1, 0.15) is 5.82 Å². The summed E-state index contributed by atoms with van der Waals surface area (Å²) in [5.74, 6) is -0.403. The number of hydrogen-bond donors (Lipinski definition) is 2. The van der Waals surface area contributed by atoms with Crippen LogP contribution in [0.3, 0.4) is 0 Å². The van der Waals surface area contributed by atoms with Gasteiger partial charge in [-0.3, -0.25) is 4.79 Å². The Hall–Kier alpha value is -1.65. The van der Waals surface area contributed by atoms with Gasteiger partial charge >= 0.3 is 5.97 Å². The molecule has 0 aromatic carbocycles. The van der Waals surface area contributed by atoms with Crippen molar-refractivity contribution < 1.29 is 9.90 Å². The second-order valence-electron chi connectivity index (χ2n) is 3.45. The molecule has 0 amide bonds. The Kier molecular flexibility index (Phi) is 2.07. The first kappa shape index (κ1) is 8.93. The van der Waals surface area contributed by atoms with Crippen molar-refractivity contribution in [2.75, 3.05) is 0 Å². The van der Waals surface area contributed by atoms with Crippen molar-refractivity contribution in [2.45, 2.75) is 25.2 Å². The van der Waals surface area contributed by atoms with E-state index in [2.05, 4.69) is 9.97 Å². The summed E-state index contributed by atoms with van der Waals surface area (Å²) in [6.45, 7) is 0. The van der Waals surface area contributed by atoms with E-state index in [0.29, 0.717) is 5.82 Å². The molecule has 2 rings (SSSR count). The maximum atomic E-state index is 11.1. The second-order valence-corrected chi connectivity index (χ2v) is 3.45. The molecule has 2 N–H and O–H groups in total. The molecular formula is C9H10N2O3. The zero-order valence-electron chi connectivity index (χ0n) is 7.49. The van der Waals surface area contributed by atoms with Gasteiger partial charge in [0, 0.05) is 12.0 Å². The number of H-pyrrole nitrogens is 1. The maximum absolute atomic E-state index is 11.1. The smallest absolute Gasteiger partial charge is 0.354 e. The standard InChI is InChI=1S/C9H10N2O3/c12-7-4-6(9(13)14)10-8(11-7)5-2-1-3-5/h4-5H,1-3H2,(H,13,14)(H,10,11,12). The van der Waals surface area contributed by atoms with E-state index in [1.165, 1.54) is 0 Å². The number of aromatic nitrogens is 2. The predicted octanol–water partition coefficient (Wildman–Crippen LogP) is 0.736. The average molecular weight is 194 g/mol. The molecule has 0 atom stereocenters. The van der Waals surface area contributed by atoms with Crippen LogP contribution in [0.5, 0.6) is 0 Å². The van der Waals surface area contributed by atoms with E-state index in [-0.39, 0.29) is 17.2 Å². The van der Waals surface area contributed by atoms with Crippen molar-refractivity contribution in [3.8, 4) is 0 Å². The molecule has 14 heavy (non-hydrogen) atoms. The van der Waals surface area contributed by atoms with E-state index in [0.717, 1.165) is 25.3 Å². The van der Waals surface area contributed by atoms with E-state index in [1.807, 2.05) is 0 Å². The van der Waals surface area contributed by atoms with Gasteiger partial charge in [0.05, 0.1) is 0 Å². The fourth-order valence-corrected chi connectivity index (χ4v) is 1.46. The SMILES string of the molecule is O=C(O)c1cc(=O)[nH]c(C2CCC2)n1. The zero-order valence-corrected chi connectivity index (χ0v) is 7.49. The summed E-state index contributed by atoms with van der Waals surface area (Å²) in [6.07, 6.45) is 3.07. The number of hydrogen-bond acceptors (Lipinski definition) is 3. The molecule has 0 radical (unpaired) electrons. The number of aromatic amines is 1. The first-order chi connectivity index (χ1) is 6.66. The molecule has 1 aliphatic carbocycles. The number of rotatable bonds is 2. The molecule has 0 unspecified atom stereocenters. The molecule has 1 aliphatic rings. The lowest BCUT2D eigenvalue weighted by Crippen LogP contribution is -2.21. The number of carboxylic acid groups (broad SMARTS) is 1. The first-order valence-electron chi connectivity index (χ1n) is 4.51. The Morgan fingerprint density at radius 2 is 2.29 bits per heavy atom. The highest BCUT2D eigenvalue weighted by atomic mass is 16.4. The number of carbonyl (C=O) groups is 1. The van der Waals surface area contributed by atoms with Crippen molar-refractivity contribution in [3.05, 3.63) is 27.9 Å². The topological polar surface area (TPSA) is 83.0 Å². The molecule has 1 saturated carbocycles. The van der Waals surface area contributed by atoms with Crippen LogP contribution in [0.4, 0.5) is 0 Å². The molecule has 0 bridgehead atoms. The van der Waals surface area contributed by atoms with Crippen LogP contribution in [0.25, 0.3) is 0 Å². The Morgan fingerprint density at radius 3 is 2.79 bits per heavy atom. The lowest BCUT2D eigenvalue weighted by molar-refractivity contribution is 0.0689. The molecule has 1 aromatic heterocycles. The molecule has 0 spiro atoms. The van der Waals surface area contributed by atoms with Gasteiger partial charge in [-0.05, 0) is 12.8 Å². The minimum atomic E-state index is -1.16. The Bertz CT molecular complexity index is 420. The third kappa shape index (κ3) is 1.53. The van der Waals surface area contributed by atoms with Gasteiger partial charge in [-0.1, -0.05) is 6.42 Å². The third-order valence-electron chi connectivity index (χ3n) is 2.47. The van der Waals surface area contributed by atoms with Gasteiger partial charge in [0.25, 0.3) is 5.56 Å². The van der Waals surface area contributed by atoms with Crippen molar-refractivity contribution in [1.29, 1.82) is 0 Å². The predicted molar refractivity (Wildman–Crippen MR) is 48.4 cm³/mol. The van der Waals surface area contributed by atoms with Crippen LogP contribution in [0, 0.1) is 0 Å². The lowest BCUT2D eigenvalue weighted by atomic mass is 9.85. The van der Waals surface area contributed by atoms with Crippen LogP contribution < -0.4 is 5.56 Å². The summed E-state index contributed by atoms with van der Waals surface area (Å²) in [4.78, 5) is 28.2. The fraction of sp³-hybridized carbons (Fsp3) is 0.444. The molecule has 5 nitrogen and oxygen atoms in total. The molecular weight excluding hydrogens is 184 g/mol. The minimum Gasteiger partial charge on any atom is -0.477 e. The highest BCUT2D eigenvalue weighted by molar-refractivity contribution is 5.85. The number of aromatic carboxylic acids is 1. The van der Waals surface area contributed by atoms with Crippen molar-refractivity contribution in [2.24, 2.45) is 0 Å². The Balaban J connectivity index is 2.40. The zero-order chi connectivity index (χ0) is 10.1. The summed E-state index contributed by atoms with van der Waals surface area (Å²) in [5, 5.41) is 8.69. The van der Waals surface area contributed by atoms with Gasteiger partial charge in [0.2, 0.25) is 0 Å². The highest BCUT2D eigenvalue weighted by Crippen LogP contribution is 2.33. The van der Waals surface area contributed by atoms with Crippen LogP contribution >= 0.6 is 0 Å². The summed E-state index contributed by atoms with van der Waals surface area (Å²) < 4.78 is 0. The van der Waals surface area contributed by atoms with E-state index in [9.17, 15) is 9.59 Å². The highest BCUT2D eigenvalue weighted by Gasteiger charge is 2.23. The van der Waals surface area contributed by atoms with Gasteiger partial charge in [-0.25, -0.2) is 9.78 Å². The molecule has 1 aromatic rings. The second kappa shape index (κ2) is 3.25.